The second-order valence-electron chi connectivity index (χ2n) is 7.00. The first kappa shape index (κ1) is 22.0. The summed E-state index contributed by atoms with van der Waals surface area (Å²) in [5.74, 6) is 0.931. The molecule has 1 aliphatic rings. The Labute approximate surface area is 188 Å². The van der Waals surface area contributed by atoms with Crippen LogP contribution in [0.4, 0.5) is 24.7 Å². The molecule has 0 saturated carbocycles. The van der Waals surface area contributed by atoms with Crippen LogP contribution in [0, 0.1) is 0 Å². The van der Waals surface area contributed by atoms with E-state index in [9.17, 15) is 17.4 Å². The number of hydrogen-bond acceptors (Lipinski definition) is 5. The topological polar surface area (TPSA) is 58.1 Å². The van der Waals surface area contributed by atoms with Crippen molar-refractivity contribution in [1.29, 1.82) is 0 Å². The molecule has 5 nitrogen and oxygen atoms in total. The summed E-state index contributed by atoms with van der Waals surface area (Å²) in [5.41, 5.74) is -2.70. The van der Waals surface area contributed by atoms with E-state index < -0.39 is 16.5 Å². The van der Waals surface area contributed by atoms with E-state index in [-0.39, 0.29) is 10.7 Å². The van der Waals surface area contributed by atoms with Crippen LogP contribution in [0.25, 0.3) is 21.8 Å². The van der Waals surface area contributed by atoms with E-state index in [1.807, 2.05) is 22.2 Å². The Kier molecular flexibility index (Phi) is 6.49. The first-order valence-corrected chi connectivity index (χ1v) is 11.9. The molecule has 0 radical (unpaired) electrons. The van der Waals surface area contributed by atoms with E-state index in [0.29, 0.717) is 11.3 Å². The van der Waals surface area contributed by atoms with Crippen molar-refractivity contribution in [1.82, 2.24) is 9.97 Å². The zero-order chi connectivity index (χ0) is 22.0. The molecule has 11 heteroatoms. The number of thiazole rings is 1. The van der Waals surface area contributed by atoms with Gasteiger partial charge in [-0.1, -0.05) is 11.6 Å². The zero-order valence-electron chi connectivity index (χ0n) is 16.2. The predicted molar refractivity (Wildman–Crippen MR) is 120 cm³/mol. The molecular weight excluding hydrogens is 469 g/mol. The van der Waals surface area contributed by atoms with Gasteiger partial charge in [0.15, 0.2) is 0 Å². The third-order valence-electron chi connectivity index (χ3n) is 4.84. The van der Waals surface area contributed by atoms with Crippen LogP contribution >= 0.6 is 22.9 Å². The largest absolute Gasteiger partial charge is 0.490 e. The molecule has 1 fully saturated rings. The lowest BCUT2D eigenvalue weighted by molar-refractivity contribution is -0.0379. The van der Waals surface area contributed by atoms with E-state index in [1.54, 1.807) is 12.3 Å². The number of anilines is 2. The fraction of sp³-hybridized carbons (Fsp3) is 0.300. The van der Waals surface area contributed by atoms with E-state index >= 15 is 0 Å². The fourth-order valence-corrected chi connectivity index (χ4v) is 4.88. The van der Waals surface area contributed by atoms with Crippen molar-refractivity contribution < 1.29 is 17.4 Å². The molecule has 3 heterocycles. The number of nitrogens with zero attached hydrogens (tertiary/aromatic N) is 3. The molecule has 2 aromatic heterocycles. The van der Waals surface area contributed by atoms with Crippen LogP contribution in [-0.4, -0.2) is 32.8 Å². The van der Waals surface area contributed by atoms with Crippen LogP contribution in [0.3, 0.4) is 0 Å². The summed E-state index contributed by atoms with van der Waals surface area (Å²) >= 11 is 7.72. The van der Waals surface area contributed by atoms with Crippen molar-refractivity contribution in [2.24, 2.45) is 0 Å². The van der Waals surface area contributed by atoms with Gasteiger partial charge in [-0.3, -0.25) is 4.72 Å². The summed E-state index contributed by atoms with van der Waals surface area (Å²) in [7, 11) is -3.21. The van der Waals surface area contributed by atoms with Gasteiger partial charge in [-0.15, -0.1) is 11.3 Å². The minimum absolute atomic E-state index is 0.0140. The number of halogens is 4. The fourth-order valence-electron chi connectivity index (χ4n) is 3.33. The molecule has 0 aliphatic carbocycles. The Balaban J connectivity index is 1.54. The number of aromatic nitrogens is 2. The number of benzene rings is 1. The number of hydrogen-bond donors (Lipinski definition) is 1. The second-order valence-corrected chi connectivity index (χ2v) is 9.47. The van der Waals surface area contributed by atoms with Gasteiger partial charge in [0.1, 0.15) is 10.8 Å². The van der Waals surface area contributed by atoms with Gasteiger partial charge in [0.2, 0.25) is 11.0 Å². The SMILES string of the molecule is O=S(Nc1ccc(-c2csc(-c3ccnc(N4CCCCC4)c3)n2)c(Cl)c1)C(F)(F)F. The average Bonchev–Trinajstić information content (AvgIpc) is 3.24. The summed E-state index contributed by atoms with van der Waals surface area (Å²) < 4.78 is 50.6. The van der Waals surface area contributed by atoms with Crippen molar-refractivity contribution in [3.63, 3.8) is 0 Å². The van der Waals surface area contributed by atoms with E-state index in [4.69, 9.17) is 11.6 Å². The molecule has 3 aromatic rings. The summed E-state index contributed by atoms with van der Waals surface area (Å²) in [6.45, 7) is 1.99. The minimum atomic E-state index is -4.85. The maximum Gasteiger partial charge on any atom is 0.490 e. The Morgan fingerprint density at radius 3 is 2.61 bits per heavy atom. The van der Waals surface area contributed by atoms with Crippen LogP contribution in [0.1, 0.15) is 19.3 Å². The predicted octanol–water partition coefficient (Wildman–Crippen LogP) is 6.11. The van der Waals surface area contributed by atoms with Crippen LogP contribution in [0.5, 0.6) is 0 Å². The maximum atomic E-state index is 12.5. The molecule has 1 unspecified atom stereocenters. The lowest BCUT2D eigenvalue weighted by Crippen LogP contribution is -2.30. The van der Waals surface area contributed by atoms with Crippen molar-refractivity contribution >= 4 is 45.4 Å². The molecular formula is C20H18ClF3N4OS2. The number of piperidine rings is 1. The number of rotatable bonds is 5. The second kappa shape index (κ2) is 9.13. The lowest BCUT2D eigenvalue weighted by atomic mass is 10.1. The van der Waals surface area contributed by atoms with Gasteiger partial charge in [-0.25, -0.2) is 14.2 Å². The highest BCUT2D eigenvalue weighted by Gasteiger charge is 2.37. The molecule has 0 amide bonds. The highest BCUT2D eigenvalue weighted by molar-refractivity contribution is 7.87. The van der Waals surface area contributed by atoms with Crippen molar-refractivity contribution in [3.8, 4) is 21.8 Å². The van der Waals surface area contributed by atoms with E-state index in [1.165, 1.54) is 29.9 Å². The molecule has 0 bridgehead atoms. The first-order chi connectivity index (χ1) is 14.8. The van der Waals surface area contributed by atoms with Gasteiger partial charge in [0, 0.05) is 41.5 Å². The van der Waals surface area contributed by atoms with Crippen molar-refractivity contribution in [2.75, 3.05) is 22.7 Å². The summed E-state index contributed by atoms with van der Waals surface area (Å²) in [5, 5.41) is 2.86. The summed E-state index contributed by atoms with van der Waals surface area (Å²) in [6, 6.07) is 8.18. The van der Waals surface area contributed by atoms with Crippen LogP contribution < -0.4 is 9.62 Å². The average molecular weight is 487 g/mol. The molecule has 31 heavy (non-hydrogen) atoms. The number of alkyl halides is 3. The standard InChI is InChI=1S/C20H18ClF3N4OS2/c21-16-11-14(27-31(29)20(22,23)24)4-5-15(16)17-12-30-19(26-17)13-6-7-25-18(10-13)28-8-2-1-3-9-28/h4-7,10-12,27H,1-3,8-9H2. The Morgan fingerprint density at radius 2 is 1.90 bits per heavy atom. The molecule has 1 aliphatic heterocycles. The molecule has 164 valence electrons. The lowest BCUT2D eigenvalue weighted by Gasteiger charge is -2.27. The van der Waals surface area contributed by atoms with Crippen LogP contribution in [0.15, 0.2) is 41.9 Å². The van der Waals surface area contributed by atoms with Gasteiger partial charge in [0.25, 0.3) is 0 Å². The molecule has 1 N–H and O–H groups in total. The highest BCUT2D eigenvalue weighted by Crippen LogP contribution is 2.35. The van der Waals surface area contributed by atoms with Crippen LogP contribution in [0.2, 0.25) is 5.02 Å². The van der Waals surface area contributed by atoms with E-state index in [2.05, 4.69) is 14.9 Å². The minimum Gasteiger partial charge on any atom is -0.357 e. The maximum absolute atomic E-state index is 12.5. The highest BCUT2D eigenvalue weighted by atomic mass is 35.5. The molecule has 1 atom stereocenters. The van der Waals surface area contributed by atoms with Crippen molar-refractivity contribution in [2.45, 2.75) is 24.8 Å². The quantitative estimate of drug-likeness (QED) is 0.472. The molecule has 0 spiro atoms. The molecule has 4 rings (SSSR count). The van der Waals surface area contributed by atoms with Crippen molar-refractivity contribution in [3.05, 3.63) is 46.9 Å². The van der Waals surface area contributed by atoms with Crippen LogP contribution in [-0.2, 0) is 11.0 Å². The first-order valence-electron chi connectivity index (χ1n) is 9.53. The molecule has 1 saturated heterocycles. The normalized spacial score (nSPS) is 15.7. The third kappa shape index (κ3) is 5.19. The Morgan fingerprint density at radius 1 is 1.13 bits per heavy atom. The third-order valence-corrected chi connectivity index (χ3v) is 6.89. The monoisotopic (exact) mass is 486 g/mol. The number of nitrogens with one attached hydrogen (secondary N) is 1. The van der Waals surface area contributed by atoms with Gasteiger partial charge in [-0.2, -0.15) is 13.2 Å². The smallest absolute Gasteiger partial charge is 0.357 e. The van der Waals surface area contributed by atoms with Gasteiger partial charge >= 0.3 is 5.51 Å². The van der Waals surface area contributed by atoms with Gasteiger partial charge < -0.3 is 4.90 Å². The van der Waals surface area contributed by atoms with Gasteiger partial charge in [-0.05, 0) is 49.6 Å². The zero-order valence-corrected chi connectivity index (χ0v) is 18.5. The summed E-state index contributed by atoms with van der Waals surface area (Å²) in [4.78, 5) is 11.4. The Bertz CT molecular complexity index is 1100. The van der Waals surface area contributed by atoms with E-state index in [0.717, 1.165) is 42.3 Å². The number of pyridine rings is 1. The summed E-state index contributed by atoms with van der Waals surface area (Å²) in [6.07, 6.45) is 5.34. The molecule has 1 aromatic carbocycles. The van der Waals surface area contributed by atoms with Gasteiger partial charge in [0.05, 0.1) is 10.7 Å². The Hall–Kier alpha value is -2.17.